The number of methoxy groups -OCH3 is 2. The maximum atomic E-state index is 10.3. The maximum Gasteiger partial charge on any atom is 0.328 e. The normalized spacial score (nSPS) is 13.5. The number of aliphatic carboxylic acids is 1. The smallest absolute Gasteiger partial charge is 0.328 e. The van der Waals surface area contributed by atoms with Gasteiger partial charge in [-0.25, -0.2) is 4.79 Å². The first-order valence-corrected chi connectivity index (χ1v) is 5.23. The van der Waals surface area contributed by atoms with Crippen LogP contribution >= 0.6 is 0 Å². The number of hydrogen-bond acceptors (Lipinski definition) is 4. The lowest BCUT2D eigenvalue weighted by molar-refractivity contribution is -0.131. The molecule has 16 heavy (non-hydrogen) atoms. The summed E-state index contributed by atoms with van der Waals surface area (Å²) in [5.74, 6) is -0.925. The minimum Gasteiger partial charge on any atom is -0.478 e. The second-order valence-corrected chi connectivity index (χ2v) is 3.53. The molecule has 5 nitrogen and oxygen atoms in total. The molecule has 0 saturated heterocycles. The van der Waals surface area contributed by atoms with Gasteiger partial charge in [-0.1, -0.05) is 6.08 Å². The van der Waals surface area contributed by atoms with Gasteiger partial charge in [0.1, 0.15) is 0 Å². The van der Waals surface area contributed by atoms with Gasteiger partial charge in [0.15, 0.2) is 0 Å². The van der Waals surface area contributed by atoms with Crippen LogP contribution in [-0.4, -0.2) is 62.5 Å². The first-order chi connectivity index (χ1) is 7.61. The molecule has 0 aromatic rings. The van der Waals surface area contributed by atoms with E-state index in [4.69, 9.17) is 14.6 Å². The Balaban J connectivity index is 4.13. The van der Waals surface area contributed by atoms with E-state index in [2.05, 4.69) is 4.90 Å². The molecule has 1 unspecified atom stereocenters. The third-order valence-corrected chi connectivity index (χ3v) is 2.21. The minimum atomic E-state index is -0.925. The fraction of sp³-hybridized carbons (Fsp3) is 0.727. The molecule has 0 heterocycles. The highest BCUT2D eigenvalue weighted by Gasteiger charge is 2.11. The van der Waals surface area contributed by atoms with Crippen LogP contribution < -0.4 is 0 Å². The number of carbonyl (C=O) groups is 1. The van der Waals surface area contributed by atoms with Gasteiger partial charge in [0, 0.05) is 39.4 Å². The molecule has 0 aliphatic rings. The second-order valence-electron chi connectivity index (χ2n) is 3.53. The molecule has 0 fully saturated rings. The molecule has 0 bridgehead atoms. The van der Waals surface area contributed by atoms with Crippen molar-refractivity contribution in [1.82, 2.24) is 4.90 Å². The highest BCUT2D eigenvalue weighted by molar-refractivity contribution is 5.79. The molecule has 0 aliphatic heterocycles. The van der Waals surface area contributed by atoms with Crippen molar-refractivity contribution in [2.24, 2.45) is 0 Å². The minimum absolute atomic E-state index is 0.235. The highest BCUT2D eigenvalue weighted by atomic mass is 16.5. The van der Waals surface area contributed by atoms with Gasteiger partial charge < -0.3 is 14.6 Å². The Hall–Kier alpha value is -0.910. The van der Waals surface area contributed by atoms with Gasteiger partial charge in [0.25, 0.3) is 0 Å². The molecule has 1 atom stereocenters. The van der Waals surface area contributed by atoms with E-state index in [-0.39, 0.29) is 6.04 Å². The van der Waals surface area contributed by atoms with Gasteiger partial charge >= 0.3 is 5.97 Å². The average molecular weight is 231 g/mol. The van der Waals surface area contributed by atoms with Crippen molar-refractivity contribution >= 4 is 5.97 Å². The van der Waals surface area contributed by atoms with Gasteiger partial charge in [0.2, 0.25) is 0 Å². The quantitative estimate of drug-likeness (QED) is 0.589. The summed E-state index contributed by atoms with van der Waals surface area (Å²) in [6.07, 6.45) is 2.78. The van der Waals surface area contributed by atoms with Crippen LogP contribution in [0.1, 0.15) is 6.92 Å². The standard InChI is InChI=1S/C11H21NO4/c1-10(9-16-3)12(7-8-15-2)6-4-5-11(13)14/h4-5,10H,6-9H2,1-3H3,(H,13,14). The number of rotatable bonds is 9. The Morgan fingerprint density at radius 1 is 1.44 bits per heavy atom. The second kappa shape index (κ2) is 9.33. The van der Waals surface area contributed by atoms with Crippen LogP contribution in [0.15, 0.2) is 12.2 Å². The zero-order chi connectivity index (χ0) is 12.4. The van der Waals surface area contributed by atoms with Crippen molar-refractivity contribution in [2.45, 2.75) is 13.0 Å². The number of carboxylic acids is 1. The summed E-state index contributed by atoms with van der Waals surface area (Å²) in [5.41, 5.74) is 0. The highest BCUT2D eigenvalue weighted by Crippen LogP contribution is 2.00. The first-order valence-electron chi connectivity index (χ1n) is 5.23. The Kier molecular flexibility index (Phi) is 8.80. The summed E-state index contributed by atoms with van der Waals surface area (Å²) in [6.45, 7) is 4.61. The van der Waals surface area contributed by atoms with Crippen molar-refractivity contribution in [1.29, 1.82) is 0 Å². The van der Waals surface area contributed by atoms with Gasteiger partial charge in [-0.15, -0.1) is 0 Å². The summed E-state index contributed by atoms with van der Waals surface area (Å²) >= 11 is 0. The number of hydrogen-bond donors (Lipinski definition) is 1. The average Bonchev–Trinajstić information content (AvgIpc) is 2.22. The van der Waals surface area contributed by atoms with E-state index in [0.29, 0.717) is 19.8 Å². The van der Waals surface area contributed by atoms with E-state index >= 15 is 0 Å². The predicted molar refractivity (Wildman–Crippen MR) is 61.6 cm³/mol. The van der Waals surface area contributed by atoms with E-state index in [1.54, 1.807) is 20.3 Å². The van der Waals surface area contributed by atoms with E-state index in [1.807, 2.05) is 6.92 Å². The molecule has 0 spiro atoms. The summed E-state index contributed by atoms with van der Waals surface area (Å²) in [5, 5.41) is 8.49. The fourth-order valence-corrected chi connectivity index (χ4v) is 1.34. The van der Waals surface area contributed by atoms with Gasteiger partial charge in [0.05, 0.1) is 13.2 Å². The summed E-state index contributed by atoms with van der Waals surface area (Å²) in [6, 6.07) is 0.235. The van der Waals surface area contributed by atoms with Crippen LogP contribution in [0, 0.1) is 0 Å². The SMILES string of the molecule is COCCN(CC=CC(=O)O)C(C)COC. The van der Waals surface area contributed by atoms with Crippen molar-refractivity contribution < 1.29 is 19.4 Å². The molecule has 0 saturated carbocycles. The Bertz CT molecular complexity index is 218. The van der Waals surface area contributed by atoms with Crippen molar-refractivity contribution in [3.63, 3.8) is 0 Å². The summed E-state index contributed by atoms with van der Waals surface area (Å²) in [7, 11) is 3.30. The summed E-state index contributed by atoms with van der Waals surface area (Å²) < 4.78 is 10.1. The van der Waals surface area contributed by atoms with Crippen molar-refractivity contribution in [2.75, 3.05) is 40.5 Å². The molecule has 0 rings (SSSR count). The van der Waals surface area contributed by atoms with Gasteiger partial charge in [-0.3, -0.25) is 4.90 Å². The number of carboxylic acid groups (broad SMARTS) is 1. The van der Waals surface area contributed by atoms with Crippen LogP contribution in [0.25, 0.3) is 0 Å². The molecule has 1 N–H and O–H groups in total. The number of nitrogens with zero attached hydrogens (tertiary/aromatic N) is 1. The maximum absolute atomic E-state index is 10.3. The fourth-order valence-electron chi connectivity index (χ4n) is 1.34. The molecular weight excluding hydrogens is 210 g/mol. The number of ether oxygens (including phenoxy) is 2. The van der Waals surface area contributed by atoms with Crippen LogP contribution in [0.2, 0.25) is 0 Å². The monoisotopic (exact) mass is 231 g/mol. The Morgan fingerprint density at radius 3 is 2.62 bits per heavy atom. The molecule has 94 valence electrons. The van der Waals surface area contributed by atoms with Gasteiger partial charge in [-0.2, -0.15) is 0 Å². The molecule has 0 aliphatic carbocycles. The summed E-state index contributed by atoms with van der Waals surface area (Å²) in [4.78, 5) is 12.4. The predicted octanol–water partition coefficient (Wildman–Crippen LogP) is 0.611. The molecule has 5 heteroatoms. The van der Waals surface area contributed by atoms with Crippen molar-refractivity contribution in [3.8, 4) is 0 Å². The third-order valence-electron chi connectivity index (χ3n) is 2.21. The Morgan fingerprint density at radius 2 is 2.12 bits per heavy atom. The lowest BCUT2D eigenvalue weighted by Gasteiger charge is -2.27. The first kappa shape index (κ1) is 15.1. The third kappa shape index (κ3) is 7.39. The zero-order valence-corrected chi connectivity index (χ0v) is 10.2. The van der Waals surface area contributed by atoms with Crippen LogP contribution in [0.3, 0.4) is 0 Å². The van der Waals surface area contributed by atoms with Crippen LogP contribution in [0.4, 0.5) is 0 Å². The lowest BCUT2D eigenvalue weighted by Crippen LogP contribution is -2.38. The zero-order valence-electron chi connectivity index (χ0n) is 10.2. The molecule has 0 radical (unpaired) electrons. The molecule has 0 aromatic carbocycles. The topological polar surface area (TPSA) is 59.0 Å². The van der Waals surface area contributed by atoms with Crippen LogP contribution in [0.5, 0.6) is 0 Å². The van der Waals surface area contributed by atoms with Crippen molar-refractivity contribution in [3.05, 3.63) is 12.2 Å². The molecular formula is C11H21NO4. The van der Waals surface area contributed by atoms with E-state index in [9.17, 15) is 4.79 Å². The van der Waals surface area contributed by atoms with Gasteiger partial charge in [-0.05, 0) is 6.92 Å². The van der Waals surface area contributed by atoms with E-state index in [0.717, 1.165) is 12.6 Å². The Labute approximate surface area is 96.6 Å². The van der Waals surface area contributed by atoms with Crippen LogP contribution in [-0.2, 0) is 14.3 Å². The molecule has 0 aromatic heterocycles. The largest absolute Gasteiger partial charge is 0.478 e. The molecule has 0 amide bonds. The van der Waals surface area contributed by atoms with E-state index in [1.165, 1.54) is 0 Å². The lowest BCUT2D eigenvalue weighted by atomic mass is 10.3. The van der Waals surface area contributed by atoms with E-state index < -0.39 is 5.97 Å².